The van der Waals surface area contributed by atoms with E-state index in [9.17, 15) is 0 Å². The van der Waals surface area contributed by atoms with Gasteiger partial charge in [-0.1, -0.05) is 29.8 Å². The van der Waals surface area contributed by atoms with Gasteiger partial charge >= 0.3 is 0 Å². The molecule has 0 aliphatic rings. The van der Waals surface area contributed by atoms with Crippen molar-refractivity contribution < 1.29 is 14.2 Å². The van der Waals surface area contributed by atoms with Crippen molar-refractivity contribution in [1.82, 2.24) is 10.6 Å². The summed E-state index contributed by atoms with van der Waals surface area (Å²) in [5.41, 5.74) is 2.21. The van der Waals surface area contributed by atoms with E-state index in [2.05, 4.69) is 22.5 Å². The second-order valence-electron chi connectivity index (χ2n) is 5.67. The number of aliphatic imine (C=N–C) groups is 1. The zero-order chi connectivity index (χ0) is 18.8. The zero-order valence-corrected chi connectivity index (χ0v) is 18.6. The van der Waals surface area contributed by atoms with E-state index in [0.717, 1.165) is 17.1 Å². The van der Waals surface area contributed by atoms with Crippen molar-refractivity contribution in [3.63, 3.8) is 0 Å². The zero-order valence-electron chi connectivity index (χ0n) is 16.2. The van der Waals surface area contributed by atoms with Crippen LogP contribution >= 0.6 is 24.0 Å². The van der Waals surface area contributed by atoms with Crippen molar-refractivity contribution in [3.05, 3.63) is 53.6 Å². The predicted octanol–water partition coefficient (Wildman–Crippen LogP) is 3.37. The molecule has 27 heavy (non-hydrogen) atoms. The number of benzene rings is 2. The Labute approximate surface area is 178 Å². The van der Waals surface area contributed by atoms with Crippen LogP contribution in [0, 0.1) is 6.92 Å². The van der Waals surface area contributed by atoms with Crippen LogP contribution in [0.2, 0.25) is 0 Å². The van der Waals surface area contributed by atoms with Crippen LogP contribution in [-0.2, 0) is 6.54 Å². The summed E-state index contributed by atoms with van der Waals surface area (Å²) in [4.78, 5) is 4.22. The first-order valence-electron chi connectivity index (χ1n) is 8.51. The van der Waals surface area contributed by atoms with E-state index in [-0.39, 0.29) is 24.0 Å². The highest BCUT2D eigenvalue weighted by molar-refractivity contribution is 14.0. The number of halogens is 1. The van der Waals surface area contributed by atoms with Crippen LogP contribution in [0.25, 0.3) is 0 Å². The molecule has 0 spiro atoms. The molecule has 6 nitrogen and oxygen atoms in total. The Hall–Kier alpha value is -2.16. The number of hydrogen-bond donors (Lipinski definition) is 2. The van der Waals surface area contributed by atoms with E-state index < -0.39 is 0 Å². The van der Waals surface area contributed by atoms with E-state index in [0.29, 0.717) is 31.4 Å². The normalized spacial score (nSPS) is 10.6. The van der Waals surface area contributed by atoms with Crippen molar-refractivity contribution in [3.8, 4) is 17.2 Å². The second kappa shape index (κ2) is 12.3. The average molecular weight is 485 g/mol. The predicted molar refractivity (Wildman–Crippen MR) is 120 cm³/mol. The third-order valence-corrected chi connectivity index (χ3v) is 3.84. The van der Waals surface area contributed by atoms with E-state index in [1.807, 2.05) is 42.5 Å². The topological polar surface area (TPSA) is 64.1 Å². The Morgan fingerprint density at radius 3 is 2.37 bits per heavy atom. The third kappa shape index (κ3) is 7.16. The van der Waals surface area contributed by atoms with Crippen LogP contribution in [0.5, 0.6) is 17.2 Å². The molecule has 0 saturated carbocycles. The fourth-order valence-corrected chi connectivity index (χ4v) is 2.47. The average Bonchev–Trinajstić information content (AvgIpc) is 2.68. The lowest BCUT2D eigenvalue weighted by Gasteiger charge is -2.15. The first-order chi connectivity index (χ1) is 12.7. The highest BCUT2D eigenvalue weighted by Crippen LogP contribution is 2.30. The number of methoxy groups -OCH3 is 2. The maximum atomic E-state index is 5.70. The third-order valence-electron chi connectivity index (χ3n) is 3.84. The Kier molecular flexibility index (Phi) is 10.4. The number of rotatable bonds is 8. The maximum Gasteiger partial charge on any atom is 0.191 e. The molecule has 2 aromatic carbocycles. The summed E-state index contributed by atoms with van der Waals surface area (Å²) in [7, 11) is 5.00. The number of ether oxygens (including phenoxy) is 3. The summed E-state index contributed by atoms with van der Waals surface area (Å²) >= 11 is 0. The fourth-order valence-electron chi connectivity index (χ4n) is 2.47. The molecule has 0 aromatic heterocycles. The molecule has 0 radical (unpaired) electrons. The molecule has 0 amide bonds. The van der Waals surface area contributed by atoms with Gasteiger partial charge in [-0.3, -0.25) is 4.99 Å². The van der Waals surface area contributed by atoms with Gasteiger partial charge in [0.2, 0.25) is 0 Å². The van der Waals surface area contributed by atoms with Crippen LogP contribution in [0.4, 0.5) is 0 Å². The second-order valence-corrected chi connectivity index (χ2v) is 5.67. The molecule has 0 heterocycles. The monoisotopic (exact) mass is 485 g/mol. The molecule has 0 atom stereocenters. The van der Waals surface area contributed by atoms with Crippen LogP contribution in [0.15, 0.2) is 47.5 Å². The molecule has 0 fully saturated rings. The highest BCUT2D eigenvalue weighted by Gasteiger charge is 2.09. The van der Waals surface area contributed by atoms with Crippen molar-refractivity contribution in [2.75, 3.05) is 34.4 Å². The number of nitrogens with one attached hydrogen (secondary N) is 2. The lowest BCUT2D eigenvalue weighted by Crippen LogP contribution is -2.38. The summed E-state index contributed by atoms with van der Waals surface area (Å²) < 4.78 is 16.5. The van der Waals surface area contributed by atoms with Gasteiger partial charge in [-0.15, -0.1) is 24.0 Å². The highest BCUT2D eigenvalue weighted by atomic mass is 127. The molecule has 2 rings (SSSR count). The van der Waals surface area contributed by atoms with Crippen LogP contribution < -0.4 is 24.8 Å². The molecule has 2 N–H and O–H groups in total. The van der Waals surface area contributed by atoms with Crippen molar-refractivity contribution in [1.29, 1.82) is 0 Å². The largest absolute Gasteiger partial charge is 0.493 e. The number of para-hydroxylation sites is 1. The Morgan fingerprint density at radius 1 is 1.00 bits per heavy atom. The molecule has 148 valence electrons. The lowest BCUT2D eigenvalue weighted by molar-refractivity contribution is 0.322. The van der Waals surface area contributed by atoms with Gasteiger partial charge in [-0.05, 0) is 25.1 Å². The minimum atomic E-state index is 0. The van der Waals surface area contributed by atoms with E-state index in [1.165, 1.54) is 5.56 Å². The maximum absolute atomic E-state index is 5.70. The molecule has 0 aliphatic heterocycles. The van der Waals surface area contributed by atoms with Gasteiger partial charge in [-0.2, -0.15) is 0 Å². The summed E-state index contributed by atoms with van der Waals surface area (Å²) in [6, 6.07) is 13.8. The van der Waals surface area contributed by atoms with Gasteiger partial charge < -0.3 is 24.8 Å². The number of hydrogen-bond acceptors (Lipinski definition) is 4. The standard InChI is InChI=1S/C20H27N3O3.HI/c1-15-8-10-17(11-9-15)26-13-12-22-20(21-2)23-14-16-6-5-7-18(24-3)19(16)25-4;/h5-11H,12-14H2,1-4H3,(H2,21,22,23);1H. The summed E-state index contributed by atoms with van der Waals surface area (Å²) in [5, 5.41) is 6.49. The summed E-state index contributed by atoms with van der Waals surface area (Å²) in [6.07, 6.45) is 0. The van der Waals surface area contributed by atoms with Gasteiger partial charge in [0.15, 0.2) is 17.5 Å². The smallest absolute Gasteiger partial charge is 0.191 e. The van der Waals surface area contributed by atoms with Gasteiger partial charge in [0.1, 0.15) is 12.4 Å². The molecule has 0 bridgehead atoms. The van der Waals surface area contributed by atoms with Crippen molar-refractivity contribution in [2.45, 2.75) is 13.5 Å². The number of guanidine groups is 1. The lowest BCUT2D eigenvalue weighted by atomic mass is 10.2. The number of aryl methyl sites for hydroxylation is 1. The SMILES string of the molecule is CN=C(NCCOc1ccc(C)cc1)NCc1cccc(OC)c1OC.I. The van der Waals surface area contributed by atoms with E-state index in [4.69, 9.17) is 14.2 Å². The Bertz CT molecular complexity index is 721. The van der Waals surface area contributed by atoms with E-state index in [1.54, 1.807) is 21.3 Å². The van der Waals surface area contributed by atoms with Crippen LogP contribution in [0.1, 0.15) is 11.1 Å². The first kappa shape index (κ1) is 22.9. The van der Waals surface area contributed by atoms with Gasteiger partial charge in [0, 0.05) is 19.2 Å². The van der Waals surface area contributed by atoms with E-state index >= 15 is 0 Å². The molecule has 7 heteroatoms. The molecule has 0 aliphatic carbocycles. The van der Waals surface area contributed by atoms with Gasteiger partial charge in [0.05, 0.1) is 20.8 Å². The molecular formula is C20H28IN3O3. The molecule has 0 saturated heterocycles. The van der Waals surface area contributed by atoms with Crippen molar-refractivity contribution in [2.24, 2.45) is 4.99 Å². The minimum absolute atomic E-state index is 0. The molecule has 0 unspecified atom stereocenters. The van der Waals surface area contributed by atoms with Gasteiger partial charge in [-0.25, -0.2) is 0 Å². The fraction of sp³-hybridized carbons (Fsp3) is 0.350. The Morgan fingerprint density at radius 2 is 1.74 bits per heavy atom. The first-order valence-corrected chi connectivity index (χ1v) is 8.51. The molecular weight excluding hydrogens is 457 g/mol. The Balaban J connectivity index is 0.00000364. The van der Waals surface area contributed by atoms with Crippen LogP contribution in [-0.4, -0.2) is 40.4 Å². The molecule has 2 aromatic rings. The minimum Gasteiger partial charge on any atom is -0.493 e. The van der Waals surface area contributed by atoms with Crippen LogP contribution in [0.3, 0.4) is 0 Å². The van der Waals surface area contributed by atoms with Gasteiger partial charge in [0.25, 0.3) is 0 Å². The summed E-state index contributed by atoms with van der Waals surface area (Å²) in [6.45, 7) is 3.81. The summed E-state index contributed by atoms with van der Waals surface area (Å²) in [5.74, 6) is 2.99. The number of nitrogens with zero attached hydrogens (tertiary/aromatic N) is 1. The van der Waals surface area contributed by atoms with Crippen molar-refractivity contribution >= 4 is 29.9 Å². The quantitative estimate of drug-likeness (QED) is 0.260.